The predicted molar refractivity (Wildman–Crippen MR) is 121 cm³/mol. The van der Waals surface area contributed by atoms with Crippen LogP contribution < -0.4 is 14.9 Å². The van der Waals surface area contributed by atoms with E-state index in [0.717, 1.165) is 17.5 Å². The number of carbonyl (C=O) groups is 2. The van der Waals surface area contributed by atoms with Crippen molar-refractivity contribution >= 4 is 11.9 Å². The van der Waals surface area contributed by atoms with E-state index in [4.69, 9.17) is 14.5 Å². The number of nitrogens with one attached hydrogen (secondary N) is 1. The maximum Gasteiger partial charge on any atom is 0.316 e. The lowest BCUT2D eigenvalue weighted by Gasteiger charge is -2.32. The fourth-order valence-electron chi connectivity index (χ4n) is 4.81. The van der Waals surface area contributed by atoms with Gasteiger partial charge in [0.2, 0.25) is 5.91 Å². The molecule has 1 saturated heterocycles. The fourth-order valence-corrected chi connectivity index (χ4v) is 4.81. The molecule has 0 aromatic heterocycles. The number of nitrogens with zero attached hydrogens (tertiary/aromatic N) is 1. The van der Waals surface area contributed by atoms with Crippen LogP contribution in [-0.2, 0) is 26.5 Å². The van der Waals surface area contributed by atoms with E-state index in [1.165, 1.54) is 0 Å². The van der Waals surface area contributed by atoms with Crippen LogP contribution in [-0.4, -0.2) is 54.7 Å². The van der Waals surface area contributed by atoms with Gasteiger partial charge in [0.15, 0.2) is 5.75 Å². The van der Waals surface area contributed by atoms with Crippen molar-refractivity contribution in [2.24, 2.45) is 0 Å². The summed E-state index contributed by atoms with van der Waals surface area (Å²) in [6, 6.07) is 12.5. The molecular formula is C25H30N2O6. The number of amides is 1. The van der Waals surface area contributed by atoms with Crippen LogP contribution in [0.1, 0.15) is 42.9 Å². The highest BCUT2D eigenvalue weighted by Crippen LogP contribution is 2.47. The van der Waals surface area contributed by atoms with Gasteiger partial charge in [-0.05, 0) is 48.7 Å². The Morgan fingerprint density at radius 1 is 1.27 bits per heavy atom. The largest absolute Gasteiger partial charge is 0.497 e. The van der Waals surface area contributed by atoms with Crippen LogP contribution in [0.15, 0.2) is 42.5 Å². The average Bonchev–Trinajstić information content (AvgIpc) is 3.47. The molecule has 2 aliphatic rings. The smallest absolute Gasteiger partial charge is 0.316 e. The van der Waals surface area contributed by atoms with E-state index in [9.17, 15) is 14.7 Å². The number of hydrogen-bond donors (Lipinski definition) is 2. The zero-order valence-corrected chi connectivity index (χ0v) is 19.2. The normalized spacial score (nSPS) is 22.9. The first-order valence-electron chi connectivity index (χ1n) is 11.2. The van der Waals surface area contributed by atoms with Crippen LogP contribution in [0.4, 0.5) is 0 Å². The molecule has 1 fully saturated rings. The summed E-state index contributed by atoms with van der Waals surface area (Å²) in [6.07, 6.45) is 0.839. The molecule has 3 unspecified atom stereocenters. The van der Waals surface area contributed by atoms with Gasteiger partial charge in [0, 0.05) is 31.1 Å². The molecule has 0 bridgehead atoms. The van der Waals surface area contributed by atoms with Gasteiger partial charge in [-0.25, -0.2) is 0 Å². The maximum atomic E-state index is 13.0. The molecule has 4 rings (SSSR count). The maximum absolute atomic E-state index is 13.0. The topological polar surface area (TPSA) is 97.3 Å². The Bertz CT molecular complexity index is 1020. The molecule has 0 radical (unpaired) electrons. The first-order valence-corrected chi connectivity index (χ1v) is 11.2. The Labute approximate surface area is 193 Å². The van der Waals surface area contributed by atoms with E-state index in [1.54, 1.807) is 19.2 Å². The number of aliphatic carboxylic acids is 1. The van der Waals surface area contributed by atoms with Gasteiger partial charge in [0.05, 0.1) is 13.2 Å². The van der Waals surface area contributed by atoms with Crippen molar-refractivity contribution in [3.8, 4) is 11.5 Å². The highest BCUT2D eigenvalue weighted by atomic mass is 17.2. The van der Waals surface area contributed by atoms with Gasteiger partial charge in [-0.3, -0.25) is 14.5 Å². The van der Waals surface area contributed by atoms with Crippen LogP contribution >= 0.6 is 0 Å². The zero-order valence-electron chi connectivity index (χ0n) is 19.2. The van der Waals surface area contributed by atoms with Crippen molar-refractivity contribution in [1.29, 1.82) is 0 Å². The highest BCUT2D eigenvalue weighted by Gasteiger charge is 2.55. The molecule has 2 aromatic carbocycles. The number of likely N-dealkylation sites (tertiary alicyclic amines) is 1. The Morgan fingerprint density at radius 2 is 2.03 bits per heavy atom. The Balaban J connectivity index is 1.77. The Kier molecular flexibility index (Phi) is 6.58. The summed E-state index contributed by atoms with van der Waals surface area (Å²) in [4.78, 5) is 37.9. The van der Waals surface area contributed by atoms with Gasteiger partial charge < -0.3 is 20.0 Å². The van der Waals surface area contributed by atoms with E-state index >= 15 is 0 Å². The lowest BCUT2D eigenvalue weighted by molar-refractivity contribution is -0.194. The van der Waals surface area contributed by atoms with Gasteiger partial charge in [0.25, 0.3) is 0 Å². The van der Waals surface area contributed by atoms with Crippen LogP contribution in [0.2, 0.25) is 0 Å². The SMILES string of the molecule is CCCNC(=O)C(C)N1CC(c2ccc(OC)cc2)C(C(=O)O)(c2ccc3c(c2)COO3)C1. The van der Waals surface area contributed by atoms with Crippen molar-refractivity contribution in [3.05, 3.63) is 59.2 Å². The second-order valence-electron chi connectivity index (χ2n) is 8.67. The van der Waals surface area contributed by atoms with Gasteiger partial charge in [-0.1, -0.05) is 25.1 Å². The van der Waals surface area contributed by atoms with E-state index in [2.05, 4.69) is 5.32 Å². The summed E-state index contributed by atoms with van der Waals surface area (Å²) in [5, 5.41) is 13.6. The lowest BCUT2D eigenvalue weighted by atomic mass is 9.69. The number of rotatable bonds is 8. The Morgan fingerprint density at radius 3 is 2.70 bits per heavy atom. The second kappa shape index (κ2) is 9.41. The third kappa shape index (κ3) is 4.16. The molecule has 33 heavy (non-hydrogen) atoms. The molecule has 176 valence electrons. The molecule has 0 spiro atoms. The first-order chi connectivity index (χ1) is 15.9. The number of fused-ring (bicyclic) bond motifs is 1. The van der Waals surface area contributed by atoms with Crippen LogP contribution in [0.25, 0.3) is 0 Å². The predicted octanol–water partition coefficient (Wildman–Crippen LogP) is 2.86. The highest BCUT2D eigenvalue weighted by molar-refractivity contribution is 5.86. The minimum atomic E-state index is -1.24. The third-order valence-electron chi connectivity index (χ3n) is 6.78. The number of ether oxygens (including phenoxy) is 1. The summed E-state index contributed by atoms with van der Waals surface area (Å²) >= 11 is 0. The molecule has 3 atom stereocenters. The molecule has 1 amide bonds. The minimum absolute atomic E-state index is 0.0951. The molecule has 0 aliphatic carbocycles. The quantitative estimate of drug-likeness (QED) is 0.592. The number of methoxy groups -OCH3 is 1. The first kappa shape index (κ1) is 23.1. The molecule has 8 heteroatoms. The van der Waals surface area contributed by atoms with E-state index in [1.807, 2.05) is 49.1 Å². The molecular weight excluding hydrogens is 424 g/mol. The number of benzene rings is 2. The summed E-state index contributed by atoms with van der Waals surface area (Å²) in [6.45, 7) is 5.33. The molecule has 0 saturated carbocycles. The number of carboxylic acids is 1. The van der Waals surface area contributed by atoms with Gasteiger partial charge in [-0.15, -0.1) is 0 Å². The molecule has 2 aliphatic heterocycles. The van der Waals surface area contributed by atoms with E-state index in [-0.39, 0.29) is 25.0 Å². The van der Waals surface area contributed by atoms with Crippen LogP contribution in [0, 0.1) is 0 Å². The second-order valence-corrected chi connectivity index (χ2v) is 8.67. The van der Waals surface area contributed by atoms with Crippen LogP contribution in [0.5, 0.6) is 11.5 Å². The fraction of sp³-hybridized carbons (Fsp3) is 0.440. The van der Waals surface area contributed by atoms with Crippen molar-refractivity contribution in [3.63, 3.8) is 0 Å². The molecule has 2 aromatic rings. The number of carbonyl (C=O) groups excluding carboxylic acids is 1. The number of hydrogen-bond acceptors (Lipinski definition) is 6. The standard InChI is InChI=1S/C25H30N2O6/c1-4-11-26-23(28)16(2)27-13-21(17-5-8-20(31-3)9-6-17)25(15-27,24(29)30)19-7-10-22-18(12-19)14-32-33-22/h5-10,12,16,21H,4,11,13-15H2,1-3H3,(H,26,28)(H,29,30). The van der Waals surface area contributed by atoms with E-state index in [0.29, 0.717) is 30.2 Å². The zero-order chi connectivity index (χ0) is 23.6. The van der Waals surface area contributed by atoms with Crippen molar-refractivity contribution in [2.45, 2.75) is 44.2 Å². The molecule has 2 N–H and O–H groups in total. The summed E-state index contributed by atoms with van der Waals surface area (Å²) in [7, 11) is 1.60. The lowest BCUT2D eigenvalue weighted by Crippen LogP contribution is -2.47. The van der Waals surface area contributed by atoms with Crippen molar-refractivity contribution < 1.29 is 29.2 Å². The Hall–Kier alpha value is -3.10. The molecule has 8 nitrogen and oxygen atoms in total. The summed E-state index contributed by atoms with van der Waals surface area (Å²) < 4.78 is 5.29. The minimum Gasteiger partial charge on any atom is -0.497 e. The van der Waals surface area contributed by atoms with Crippen molar-refractivity contribution in [1.82, 2.24) is 10.2 Å². The van der Waals surface area contributed by atoms with Gasteiger partial charge in [-0.2, -0.15) is 4.89 Å². The average molecular weight is 455 g/mol. The van der Waals surface area contributed by atoms with Gasteiger partial charge in [0.1, 0.15) is 17.8 Å². The number of carboxylic acid groups (broad SMARTS) is 1. The van der Waals surface area contributed by atoms with Crippen LogP contribution in [0.3, 0.4) is 0 Å². The van der Waals surface area contributed by atoms with E-state index < -0.39 is 17.4 Å². The summed E-state index contributed by atoms with van der Waals surface area (Å²) in [5.41, 5.74) is 1.13. The van der Waals surface area contributed by atoms with Crippen molar-refractivity contribution in [2.75, 3.05) is 26.7 Å². The summed E-state index contributed by atoms with van der Waals surface area (Å²) in [5.74, 6) is -0.0891. The van der Waals surface area contributed by atoms with Gasteiger partial charge >= 0.3 is 5.97 Å². The third-order valence-corrected chi connectivity index (χ3v) is 6.78. The molecule has 2 heterocycles. The monoisotopic (exact) mass is 454 g/mol.